The molecule has 0 saturated heterocycles. The fourth-order valence-corrected chi connectivity index (χ4v) is 2.62. The first-order valence-electron chi connectivity index (χ1n) is 8.31. The number of anilines is 1. The number of alkyl carbamates (subject to hydrolysis) is 1. The quantitative estimate of drug-likeness (QED) is 0.446. The molecule has 0 spiro atoms. The average Bonchev–Trinajstić information content (AvgIpc) is 2.60. The summed E-state index contributed by atoms with van der Waals surface area (Å²) in [6, 6.07) is 3.85. The molecular weight excluding hydrogens is 356 g/mol. The number of amides is 1. The molecule has 144 valence electrons. The van der Waals surface area contributed by atoms with E-state index < -0.39 is 12.9 Å². The van der Waals surface area contributed by atoms with Gasteiger partial charge in [-0.15, -0.1) is 0 Å². The first-order chi connectivity index (χ1) is 12.4. The highest BCUT2D eigenvalue weighted by molar-refractivity contribution is 6.34. The van der Waals surface area contributed by atoms with Crippen LogP contribution in [0.25, 0.3) is 0 Å². The van der Waals surface area contributed by atoms with E-state index >= 15 is 0 Å². The van der Waals surface area contributed by atoms with E-state index in [9.17, 15) is 4.79 Å². The van der Waals surface area contributed by atoms with Gasteiger partial charge in [0.15, 0.2) is 6.79 Å². The first-order valence-corrected chi connectivity index (χ1v) is 8.69. The van der Waals surface area contributed by atoms with E-state index in [1.807, 2.05) is 51.3 Å². The summed E-state index contributed by atoms with van der Waals surface area (Å²) < 4.78 is 9.73. The molecule has 1 amide bonds. The SMILES string of the molecule is CNc1cc(C/C(C)=C/C=C/CC(C)NC(=O)OCO)cc(OC)c1Cl. The third kappa shape index (κ3) is 7.37. The average molecular weight is 383 g/mol. The van der Waals surface area contributed by atoms with Gasteiger partial charge in [-0.1, -0.05) is 35.4 Å². The minimum Gasteiger partial charge on any atom is -0.495 e. The molecule has 0 heterocycles. The van der Waals surface area contributed by atoms with Crippen molar-refractivity contribution < 1.29 is 19.4 Å². The van der Waals surface area contributed by atoms with Crippen LogP contribution in [-0.4, -0.2) is 38.2 Å². The largest absolute Gasteiger partial charge is 0.495 e. The Balaban J connectivity index is 2.62. The molecule has 0 saturated carbocycles. The summed E-state index contributed by atoms with van der Waals surface area (Å²) >= 11 is 6.24. The molecule has 0 bridgehead atoms. The molecule has 3 N–H and O–H groups in total. The van der Waals surface area contributed by atoms with Crippen LogP contribution in [0.4, 0.5) is 10.5 Å². The van der Waals surface area contributed by atoms with Crippen molar-refractivity contribution in [1.82, 2.24) is 5.32 Å². The van der Waals surface area contributed by atoms with Gasteiger partial charge in [0.1, 0.15) is 10.8 Å². The molecular formula is C19H27ClN2O4. The fourth-order valence-electron chi connectivity index (χ4n) is 2.34. The summed E-state index contributed by atoms with van der Waals surface area (Å²) in [5.41, 5.74) is 3.10. The van der Waals surface area contributed by atoms with Gasteiger partial charge < -0.3 is 25.2 Å². The predicted molar refractivity (Wildman–Crippen MR) is 105 cm³/mol. The minimum atomic E-state index is -0.628. The molecule has 26 heavy (non-hydrogen) atoms. The standard InChI is InChI=1S/C19H27ClN2O4/c1-13(7-5-6-8-14(2)22-19(24)26-12-23)9-15-10-16(21-3)18(20)17(11-15)25-4/h5-7,10-11,14,21,23H,8-9,12H2,1-4H3,(H,22,24)/b6-5+,13-7+. The molecule has 7 heteroatoms. The summed E-state index contributed by atoms with van der Waals surface area (Å²) in [4.78, 5) is 11.2. The van der Waals surface area contributed by atoms with E-state index in [4.69, 9.17) is 21.4 Å². The Hall–Kier alpha value is -2.18. The van der Waals surface area contributed by atoms with E-state index in [0.717, 1.165) is 17.7 Å². The number of aliphatic hydroxyl groups excluding tert-OH is 1. The molecule has 0 aliphatic carbocycles. The fraction of sp³-hybridized carbons (Fsp3) is 0.421. The van der Waals surface area contributed by atoms with Crippen molar-refractivity contribution in [2.45, 2.75) is 32.7 Å². The zero-order valence-electron chi connectivity index (χ0n) is 15.6. The van der Waals surface area contributed by atoms with Crippen molar-refractivity contribution in [3.8, 4) is 5.75 Å². The number of ether oxygens (including phenoxy) is 2. The van der Waals surface area contributed by atoms with Crippen molar-refractivity contribution in [2.24, 2.45) is 0 Å². The van der Waals surface area contributed by atoms with Crippen LogP contribution in [0.2, 0.25) is 5.02 Å². The van der Waals surface area contributed by atoms with E-state index in [1.54, 1.807) is 7.11 Å². The van der Waals surface area contributed by atoms with Gasteiger partial charge in [-0.3, -0.25) is 0 Å². The Morgan fingerprint density at radius 3 is 2.77 bits per heavy atom. The van der Waals surface area contributed by atoms with E-state index in [0.29, 0.717) is 17.2 Å². The van der Waals surface area contributed by atoms with Crippen LogP contribution >= 0.6 is 11.6 Å². The number of aliphatic hydroxyl groups is 1. The van der Waals surface area contributed by atoms with Crippen molar-refractivity contribution in [1.29, 1.82) is 0 Å². The van der Waals surface area contributed by atoms with Crippen LogP contribution in [0, 0.1) is 0 Å². The predicted octanol–water partition coefficient (Wildman–Crippen LogP) is 3.89. The van der Waals surface area contributed by atoms with Gasteiger partial charge in [-0.05, 0) is 44.4 Å². The van der Waals surface area contributed by atoms with Crippen LogP contribution in [0.5, 0.6) is 5.75 Å². The highest BCUT2D eigenvalue weighted by Crippen LogP contribution is 2.34. The summed E-state index contributed by atoms with van der Waals surface area (Å²) in [6.45, 7) is 3.28. The van der Waals surface area contributed by atoms with E-state index in [1.165, 1.54) is 5.57 Å². The maximum Gasteiger partial charge on any atom is 0.409 e. The maximum atomic E-state index is 11.2. The molecule has 6 nitrogen and oxygen atoms in total. The highest BCUT2D eigenvalue weighted by Gasteiger charge is 2.09. The number of halogens is 1. The summed E-state index contributed by atoms with van der Waals surface area (Å²) in [7, 11) is 3.42. The lowest BCUT2D eigenvalue weighted by molar-refractivity contribution is 0.0430. The van der Waals surface area contributed by atoms with E-state index in [2.05, 4.69) is 15.4 Å². The molecule has 1 aromatic rings. The van der Waals surface area contributed by atoms with Gasteiger partial charge in [0.25, 0.3) is 0 Å². The Morgan fingerprint density at radius 2 is 2.15 bits per heavy atom. The van der Waals surface area contributed by atoms with Crippen LogP contribution in [0.3, 0.4) is 0 Å². The number of carbonyl (C=O) groups is 1. The number of nitrogens with one attached hydrogen (secondary N) is 2. The minimum absolute atomic E-state index is 0.0854. The summed E-state index contributed by atoms with van der Waals surface area (Å²) in [6.07, 6.45) is 6.74. The lowest BCUT2D eigenvalue weighted by Crippen LogP contribution is -2.32. The third-order valence-electron chi connectivity index (χ3n) is 3.64. The second kappa shape index (κ2) is 11.4. The van der Waals surface area contributed by atoms with Crippen molar-refractivity contribution in [2.75, 3.05) is 26.3 Å². The lowest BCUT2D eigenvalue weighted by atomic mass is 10.0. The van der Waals surface area contributed by atoms with Crippen LogP contribution in [-0.2, 0) is 11.2 Å². The van der Waals surface area contributed by atoms with Crippen LogP contribution in [0.1, 0.15) is 25.8 Å². The van der Waals surface area contributed by atoms with Crippen LogP contribution in [0.15, 0.2) is 35.9 Å². The van der Waals surface area contributed by atoms with Crippen molar-refractivity contribution in [3.63, 3.8) is 0 Å². The van der Waals surface area contributed by atoms with Gasteiger partial charge in [-0.2, -0.15) is 0 Å². The number of methoxy groups -OCH3 is 1. The second-order valence-electron chi connectivity index (χ2n) is 5.87. The maximum absolute atomic E-state index is 11.2. The summed E-state index contributed by atoms with van der Waals surface area (Å²) in [5.74, 6) is 0.645. The number of rotatable bonds is 9. The summed E-state index contributed by atoms with van der Waals surface area (Å²) in [5, 5.41) is 14.8. The Kier molecular flexibility index (Phi) is 9.62. The zero-order valence-corrected chi connectivity index (χ0v) is 16.4. The smallest absolute Gasteiger partial charge is 0.409 e. The van der Waals surface area contributed by atoms with Crippen molar-refractivity contribution in [3.05, 3.63) is 46.5 Å². The number of allylic oxidation sites excluding steroid dienone is 3. The Bertz CT molecular complexity index is 634. The molecule has 1 aromatic carbocycles. The van der Waals surface area contributed by atoms with Gasteiger partial charge >= 0.3 is 6.09 Å². The molecule has 0 aliphatic rings. The normalized spacial score (nSPS) is 12.8. The molecule has 1 rings (SSSR count). The monoisotopic (exact) mass is 382 g/mol. The molecule has 1 unspecified atom stereocenters. The van der Waals surface area contributed by atoms with Gasteiger partial charge in [-0.25, -0.2) is 4.79 Å². The van der Waals surface area contributed by atoms with Gasteiger partial charge in [0.2, 0.25) is 0 Å². The molecule has 0 radical (unpaired) electrons. The molecule has 0 aliphatic heterocycles. The highest BCUT2D eigenvalue weighted by atomic mass is 35.5. The Morgan fingerprint density at radius 1 is 1.42 bits per heavy atom. The second-order valence-corrected chi connectivity index (χ2v) is 6.25. The lowest BCUT2D eigenvalue weighted by Gasteiger charge is -2.12. The Labute approximate surface area is 159 Å². The number of hydrogen-bond acceptors (Lipinski definition) is 5. The van der Waals surface area contributed by atoms with Crippen molar-refractivity contribution >= 4 is 23.4 Å². The van der Waals surface area contributed by atoms with Gasteiger partial charge in [0, 0.05) is 13.1 Å². The molecule has 0 aromatic heterocycles. The number of carbonyl (C=O) groups excluding carboxylic acids is 1. The van der Waals surface area contributed by atoms with Crippen LogP contribution < -0.4 is 15.4 Å². The first kappa shape index (κ1) is 21.9. The molecule has 0 fully saturated rings. The zero-order chi connectivity index (χ0) is 19.5. The van der Waals surface area contributed by atoms with E-state index in [-0.39, 0.29) is 6.04 Å². The number of hydrogen-bond donors (Lipinski definition) is 3. The third-order valence-corrected chi connectivity index (χ3v) is 4.03. The topological polar surface area (TPSA) is 79.8 Å². The number of benzene rings is 1. The molecule has 1 atom stereocenters. The van der Waals surface area contributed by atoms with Gasteiger partial charge in [0.05, 0.1) is 12.8 Å².